The number of hydrogen-bond donors (Lipinski definition) is 3. The molecule has 3 N–H and O–H groups in total. The first kappa shape index (κ1) is 23.7. The van der Waals surface area contributed by atoms with E-state index in [9.17, 15) is 24.3 Å². The molecule has 2 rings (SSSR count). The predicted octanol–water partition coefficient (Wildman–Crippen LogP) is 3.47. The molecule has 1 amide bonds. The van der Waals surface area contributed by atoms with E-state index in [1.807, 2.05) is 0 Å². The van der Waals surface area contributed by atoms with Crippen molar-refractivity contribution in [3.63, 3.8) is 0 Å². The second-order valence-corrected chi connectivity index (χ2v) is 6.22. The number of nitrogens with one attached hydrogen (secondary N) is 1. The van der Waals surface area contributed by atoms with E-state index in [4.69, 9.17) is 5.11 Å². The molecule has 11 nitrogen and oxygen atoms in total. The minimum Gasteiger partial charge on any atom is -0.510 e. The lowest BCUT2D eigenvalue weighted by atomic mass is 10.1. The van der Waals surface area contributed by atoms with Gasteiger partial charge in [-0.1, -0.05) is 0 Å². The number of anilines is 1. The number of allylic oxidation sites excluding steroid dienone is 1. The molecule has 2 aromatic carbocycles. The first-order valence-corrected chi connectivity index (χ1v) is 8.94. The third-order valence-corrected chi connectivity index (χ3v) is 3.97. The molecule has 166 valence electrons. The van der Waals surface area contributed by atoms with E-state index in [2.05, 4.69) is 25.0 Å². The fourth-order valence-electron chi connectivity index (χ4n) is 2.42. The third-order valence-electron chi connectivity index (χ3n) is 3.97. The van der Waals surface area contributed by atoms with E-state index >= 15 is 0 Å². The van der Waals surface area contributed by atoms with E-state index in [0.717, 1.165) is 14.2 Å². The number of nitrogens with zero attached hydrogens (tertiary/aromatic N) is 2. The van der Waals surface area contributed by atoms with Crippen molar-refractivity contribution in [1.29, 1.82) is 0 Å². The van der Waals surface area contributed by atoms with Crippen molar-refractivity contribution in [3.05, 3.63) is 70.6 Å². The fourth-order valence-corrected chi connectivity index (χ4v) is 2.42. The Morgan fingerprint density at radius 2 is 1.38 bits per heavy atom. The molecule has 0 aliphatic carbocycles. The maximum absolute atomic E-state index is 12.5. The summed E-state index contributed by atoms with van der Waals surface area (Å²) in [5, 5.41) is 28.8. The number of carbonyl (C=O) groups excluding carboxylic acids is 3. The Bertz CT molecular complexity index is 1080. The summed E-state index contributed by atoms with van der Waals surface area (Å²) in [4.78, 5) is 47.1. The molecule has 0 spiro atoms. The highest BCUT2D eigenvalue weighted by Gasteiger charge is 2.16. The third kappa shape index (κ3) is 5.98. The quantitative estimate of drug-likeness (QED) is 0.254. The Labute approximate surface area is 182 Å². The Morgan fingerprint density at radius 3 is 1.81 bits per heavy atom. The number of carbonyl (C=O) groups is 4. The van der Waals surface area contributed by atoms with Crippen LogP contribution in [0.2, 0.25) is 0 Å². The lowest BCUT2D eigenvalue weighted by Crippen LogP contribution is -2.14. The average Bonchev–Trinajstić information content (AvgIpc) is 2.77. The first-order chi connectivity index (χ1) is 15.2. The molecule has 0 bridgehead atoms. The Hall–Kier alpha value is -4.54. The van der Waals surface area contributed by atoms with Gasteiger partial charge in [0.1, 0.15) is 5.76 Å². The Kier molecular flexibility index (Phi) is 7.77. The zero-order valence-electron chi connectivity index (χ0n) is 17.3. The van der Waals surface area contributed by atoms with Crippen LogP contribution in [0.25, 0.3) is 0 Å². The number of amides is 1. The number of azo groups is 1. The monoisotopic (exact) mass is 441 g/mol. The molecule has 0 aromatic heterocycles. The maximum atomic E-state index is 12.5. The van der Waals surface area contributed by atoms with Crippen LogP contribution in [-0.4, -0.2) is 48.2 Å². The van der Waals surface area contributed by atoms with Crippen LogP contribution in [0.1, 0.15) is 38.0 Å². The highest BCUT2D eigenvalue weighted by molar-refractivity contribution is 6.04. The smallest absolute Gasteiger partial charge is 0.337 e. The van der Waals surface area contributed by atoms with Gasteiger partial charge in [0, 0.05) is 5.69 Å². The van der Waals surface area contributed by atoms with Crippen LogP contribution in [0.15, 0.2) is 64.1 Å². The number of carboxylic acids is 1. The number of methoxy groups -OCH3 is 2. The van der Waals surface area contributed by atoms with Crippen LogP contribution in [0.4, 0.5) is 11.4 Å². The van der Waals surface area contributed by atoms with Crippen LogP contribution in [0, 0.1) is 0 Å². The minimum absolute atomic E-state index is 0.00132. The van der Waals surface area contributed by atoms with E-state index in [-0.39, 0.29) is 28.1 Å². The van der Waals surface area contributed by atoms with Gasteiger partial charge >= 0.3 is 17.9 Å². The summed E-state index contributed by atoms with van der Waals surface area (Å²) in [7, 11) is 2.33. The van der Waals surface area contributed by atoms with Gasteiger partial charge in [-0.3, -0.25) is 4.79 Å². The van der Waals surface area contributed by atoms with E-state index in [0.29, 0.717) is 0 Å². The molecule has 32 heavy (non-hydrogen) atoms. The van der Waals surface area contributed by atoms with Crippen molar-refractivity contribution in [1.82, 2.24) is 0 Å². The summed E-state index contributed by atoms with van der Waals surface area (Å²) >= 11 is 0. The summed E-state index contributed by atoms with van der Waals surface area (Å²) in [6.45, 7) is 1.21. The fraction of sp³-hybridized carbons (Fsp3) is 0.143. The van der Waals surface area contributed by atoms with E-state index < -0.39 is 35.3 Å². The highest BCUT2D eigenvalue weighted by Crippen LogP contribution is 2.22. The highest BCUT2D eigenvalue weighted by atomic mass is 16.5. The number of aromatic carboxylic acids is 1. The van der Waals surface area contributed by atoms with Crippen molar-refractivity contribution >= 4 is 35.2 Å². The molecule has 2 aromatic rings. The lowest BCUT2D eigenvalue weighted by molar-refractivity contribution is -0.113. The first-order valence-electron chi connectivity index (χ1n) is 8.94. The molecule has 0 radical (unpaired) electrons. The number of rotatable bonds is 7. The van der Waals surface area contributed by atoms with Gasteiger partial charge in [0.05, 0.1) is 36.6 Å². The number of hydrogen-bond acceptors (Lipinski definition) is 9. The normalized spacial score (nSPS) is 11.5. The van der Waals surface area contributed by atoms with Crippen LogP contribution >= 0.6 is 0 Å². The van der Waals surface area contributed by atoms with Gasteiger partial charge in [-0.05, 0) is 49.4 Å². The molecule has 0 saturated carbocycles. The van der Waals surface area contributed by atoms with Gasteiger partial charge in [0.25, 0.3) is 5.91 Å². The summed E-state index contributed by atoms with van der Waals surface area (Å²) in [5.74, 6) is -3.86. The van der Waals surface area contributed by atoms with Crippen molar-refractivity contribution in [2.24, 2.45) is 10.2 Å². The summed E-state index contributed by atoms with van der Waals surface area (Å²) in [5.41, 5.74) is -0.142. The van der Waals surface area contributed by atoms with Crippen molar-refractivity contribution in [2.75, 3.05) is 19.5 Å². The van der Waals surface area contributed by atoms with Gasteiger partial charge < -0.3 is 25.0 Å². The molecule has 0 fully saturated rings. The molecule has 0 aliphatic heterocycles. The zero-order chi connectivity index (χ0) is 23.8. The number of aliphatic hydroxyl groups excluding tert-OH is 1. The van der Waals surface area contributed by atoms with Crippen LogP contribution in [0.5, 0.6) is 0 Å². The second kappa shape index (κ2) is 10.5. The van der Waals surface area contributed by atoms with Crippen LogP contribution in [-0.2, 0) is 14.3 Å². The van der Waals surface area contributed by atoms with E-state index in [1.165, 1.54) is 49.4 Å². The van der Waals surface area contributed by atoms with Gasteiger partial charge in [0.2, 0.25) is 0 Å². The molecular weight excluding hydrogens is 422 g/mol. The number of carboxylic acid groups (broad SMARTS) is 1. The predicted molar refractivity (Wildman–Crippen MR) is 111 cm³/mol. The largest absolute Gasteiger partial charge is 0.510 e. The van der Waals surface area contributed by atoms with Gasteiger partial charge in [-0.15, -0.1) is 5.11 Å². The van der Waals surface area contributed by atoms with Gasteiger partial charge in [0.15, 0.2) is 5.70 Å². The van der Waals surface area contributed by atoms with Crippen LogP contribution in [0.3, 0.4) is 0 Å². The zero-order valence-corrected chi connectivity index (χ0v) is 17.3. The summed E-state index contributed by atoms with van der Waals surface area (Å²) in [6, 6.07) is 9.11. The van der Waals surface area contributed by atoms with Gasteiger partial charge in [-0.25, -0.2) is 14.4 Å². The number of ether oxygens (including phenoxy) is 2. The Balaban J connectivity index is 2.32. The molecular formula is C21H19N3O8. The molecule has 0 heterocycles. The lowest BCUT2D eigenvalue weighted by Gasteiger charge is -2.07. The topological polar surface area (TPSA) is 164 Å². The maximum Gasteiger partial charge on any atom is 0.337 e. The molecule has 11 heteroatoms. The molecule has 0 aliphatic rings. The Morgan fingerprint density at radius 1 is 0.844 bits per heavy atom. The molecule has 0 unspecified atom stereocenters. The van der Waals surface area contributed by atoms with Crippen molar-refractivity contribution < 1.29 is 38.9 Å². The molecule has 0 atom stereocenters. The summed E-state index contributed by atoms with van der Waals surface area (Å²) < 4.78 is 9.28. The SMILES string of the molecule is COC(=O)c1cc(N=N/C(C(=O)Nc2ccc(C(=O)O)cc2)=C(\C)O)cc(C(=O)OC)c1. The van der Waals surface area contributed by atoms with Crippen molar-refractivity contribution in [3.8, 4) is 0 Å². The number of benzene rings is 2. The number of aliphatic hydroxyl groups is 1. The minimum atomic E-state index is -1.12. The van der Waals surface area contributed by atoms with Gasteiger partial charge in [-0.2, -0.15) is 5.11 Å². The average molecular weight is 441 g/mol. The van der Waals surface area contributed by atoms with Crippen LogP contribution < -0.4 is 5.32 Å². The molecule has 0 saturated heterocycles. The standard InChI is InChI=1S/C21H19N3O8/c1-11(25)17(18(26)22-15-6-4-12(5-7-15)19(27)28)24-23-16-9-13(20(29)31-2)8-14(10-16)21(30)32-3/h4-10,25H,1-3H3,(H,22,26)(H,27,28)/b17-11+,24-23?. The number of esters is 2. The second-order valence-electron chi connectivity index (χ2n) is 6.22. The van der Waals surface area contributed by atoms with E-state index in [1.54, 1.807) is 0 Å². The summed E-state index contributed by atoms with van der Waals surface area (Å²) in [6.07, 6.45) is 0. The van der Waals surface area contributed by atoms with Crippen molar-refractivity contribution in [2.45, 2.75) is 6.92 Å².